The molecule has 0 bridgehead atoms. The predicted molar refractivity (Wildman–Crippen MR) is 96.1 cm³/mol. The minimum atomic E-state index is -3.47. The fourth-order valence-electron chi connectivity index (χ4n) is 2.22. The minimum absolute atomic E-state index is 0.176. The molecule has 0 aliphatic heterocycles. The average molecular weight is 377 g/mol. The minimum Gasteiger partial charge on any atom is -0.255 e. The molecule has 8 heteroatoms. The van der Waals surface area contributed by atoms with E-state index < -0.39 is 10.0 Å². The molecule has 3 rings (SSSR count). The van der Waals surface area contributed by atoms with Gasteiger partial charge in [-0.2, -0.15) is 0 Å². The van der Waals surface area contributed by atoms with E-state index in [2.05, 4.69) is 14.7 Å². The van der Waals surface area contributed by atoms with Gasteiger partial charge in [0.15, 0.2) is 0 Å². The van der Waals surface area contributed by atoms with Gasteiger partial charge in [0.25, 0.3) is 0 Å². The second kappa shape index (κ2) is 7.81. The molecule has 0 unspecified atom stereocenters. The van der Waals surface area contributed by atoms with Crippen LogP contribution in [0.15, 0.2) is 54.0 Å². The lowest BCUT2D eigenvalue weighted by Crippen LogP contribution is -2.27. The summed E-state index contributed by atoms with van der Waals surface area (Å²) in [6.45, 7) is 0.263. The molecule has 0 aliphatic rings. The molecule has 2 heterocycles. The lowest BCUT2D eigenvalue weighted by atomic mass is 10.2. The van der Waals surface area contributed by atoms with Crippen LogP contribution in [0, 0.1) is 5.82 Å². The van der Waals surface area contributed by atoms with Crippen molar-refractivity contribution in [2.24, 2.45) is 0 Å². The lowest BCUT2D eigenvalue weighted by Gasteiger charge is -2.06. The maximum absolute atomic E-state index is 12.9. The SMILES string of the molecule is O=S(=O)(Cc1ccc(F)cc1)NCCc1nc(-c2ccccn2)cs1. The first kappa shape index (κ1) is 17.7. The van der Waals surface area contributed by atoms with Crippen molar-refractivity contribution in [1.82, 2.24) is 14.7 Å². The summed E-state index contributed by atoms with van der Waals surface area (Å²) < 4.78 is 39.5. The van der Waals surface area contributed by atoms with E-state index in [0.717, 1.165) is 16.4 Å². The molecule has 3 aromatic rings. The zero-order valence-corrected chi connectivity index (χ0v) is 14.9. The van der Waals surface area contributed by atoms with E-state index in [9.17, 15) is 12.8 Å². The van der Waals surface area contributed by atoms with Crippen LogP contribution in [0.25, 0.3) is 11.4 Å². The molecule has 0 saturated carbocycles. The highest BCUT2D eigenvalue weighted by Crippen LogP contribution is 2.19. The third-order valence-electron chi connectivity index (χ3n) is 3.41. The molecule has 130 valence electrons. The predicted octanol–water partition coefficient (Wildman–Crippen LogP) is 3.01. The third kappa shape index (κ3) is 5.15. The van der Waals surface area contributed by atoms with Crippen molar-refractivity contribution in [1.29, 1.82) is 0 Å². The van der Waals surface area contributed by atoms with Gasteiger partial charge in [-0.15, -0.1) is 11.3 Å². The Balaban J connectivity index is 1.54. The van der Waals surface area contributed by atoms with E-state index in [1.165, 1.54) is 35.6 Å². The van der Waals surface area contributed by atoms with Crippen molar-refractivity contribution in [3.63, 3.8) is 0 Å². The summed E-state index contributed by atoms with van der Waals surface area (Å²) in [4.78, 5) is 8.71. The van der Waals surface area contributed by atoms with Gasteiger partial charge in [0.2, 0.25) is 10.0 Å². The van der Waals surface area contributed by atoms with Crippen molar-refractivity contribution >= 4 is 21.4 Å². The first-order valence-corrected chi connectivity index (χ1v) is 10.1. The number of pyridine rings is 1. The summed E-state index contributed by atoms with van der Waals surface area (Å²) in [6, 6.07) is 11.0. The maximum atomic E-state index is 12.9. The molecule has 0 atom stereocenters. The fourth-order valence-corrected chi connectivity index (χ4v) is 4.16. The Morgan fingerprint density at radius 2 is 1.88 bits per heavy atom. The standard InChI is InChI=1S/C17H16FN3O2S2/c18-14-6-4-13(5-7-14)12-25(22,23)20-10-8-17-21-16(11-24-17)15-3-1-2-9-19-15/h1-7,9,11,20H,8,10,12H2. The Labute approximate surface area is 149 Å². The molecule has 0 radical (unpaired) electrons. The molecule has 1 N–H and O–H groups in total. The lowest BCUT2D eigenvalue weighted by molar-refractivity contribution is 0.580. The number of sulfonamides is 1. The molecule has 0 aliphatic carbocycles. The van der Waals surface area contributed by atoms with E-state index in [4.69, 9.17) is 0 Å². The van der Waals surface area contributed by atoms with Crippen molar-refractivity contribution < 1.29 is 12.8 Å². The number of nitrogens with zero attached hydrogens (tertiary/aromatic N) is 2. The smallest absolute Gasteiger partial charge is 0.215 e. The molecular formula is C17H16FN3O2S2. The number of aromatic nitrogens is 2. The number of hydrogen-bond donors (Lipinski definition) is 1. The van der Waals surface area contributed by atoms with Crippen LogP contribution < -0.4 is 4.72 Å². The molecule has 5 nitrogen and oxygen atoms in total. The van der Waals surface area contributed by atoms with Crippen molar-refractivity contribution in [2.45, 2.75) is 12.2 Å². The Hall–Kier alpha value is -2.16. The highest BCUT2D eigenvalue weighted by molar-refractivity contribution is 7.88. The zero-order valence-electron chi connectivity index (χ0n) is 13.2. The van der Waals surface area contributed by atoms with Crippen LogP contribution in [0.4, 0.5) is 4.39 Å². The Morgan fingerprint density at radius 3 is 2.60 bits per heavy atom. The summed E-state index contributed by atoms with van der Waals surface area (Å²) >= 11 is 1.47. The maximum Gasteiger partial charge on any atom is 0.215 e. The highest BCUT2D eigenvalue weighted by Gasteiger charge is 2.12. The summed E-state index contributed by atoms with van der Waals surface area (Å²) in [6.07, 6.45) is 2.21. The van der Waals surface area contributed by atoms with Crippen LogP contribution in [-0.4, -0.2) is 24.9 Å². The van der Waals surface area contributed by atoms with E-state index in [0.29, 0.717) is 12.0 Å². The molecule has 2 aromatic heterocycles. The number of nitrogens with one attached hydrogen (secondary N) is 1. The summed E-state index contributed by atoms with van der Waals surface area (Å²) in [5.41, 5.74) is 2.12. The molecular weight excluding hydrogens is 361 g/mol. The van der Waals surface area contributed by atoms with Gasteiger partial charge in [0, 0.05) is 24.5 Å². The van der Waals surface area contributed by atoms with Crippen molar-refractivity contribution in [3.05, 3.63) is 70.4 Å². The van der Waals surface area contributed by atoms with Gasteiger partial charge in [-0.05, 0) is 29.8 Å². The van der Waals surface area contributed by atoms with Crippen molar-refractivity contribution in [3.8, 4) is 11.4 Å². The monoisotopic (exact) mass is 377 g/mol. The number of hydrogen-bond acceptors (Lipinski definition) is 5. The quantitative estimate of drug-likeness (QED) is 0.687. The Bertz CT molecular complexity index is 926. The molecule has 1 aromatic carbocycles. The van der Waals surface area contributed by atoms with Crippen LogP contribution >= 0.6 is 11.3 Å². The zero-order chi connectivity index (χ0) is 17.7. The number of thiazole rings is 1. The van der Waals surface area contributed by atoms with Gasteiger partial charge in [0.05, 0.1) is 22.1 Å². The highest BCUT2D eigenvalue weighted by atomic mass is 32.2. The van der Waals surface area contributed by atoms with E-state index >= 15 is 0 Å². The van der Waals surface area contributed by atoms with Gasteiger partial charge in [-0.3, -0.25) is 4.98 Å². The van der Waals surface area contributed by atoms with Crippen LogP contribution in [-0.2, 0) is 22.2 Å². The fraction of sp³-hybridized carbons (Fsp3) is 0.176. The van der Waals surface area contributed by atoms with Crippen LogP contribution in [0.5, 0.6) is 0 Å². The summed E-state index contributed by atoms with van der Waals surface area (Å²) in [7, 11) is -3.47. The third-order valence-corrected chi connectivity index (χ3v) is 5.68. The topological polar surface area (TPSA) is 72.0 Å². The number of benzene rings is 1. The van der Waals surface area contributed by atoms with Crippen LogP contribution in [0.2, 0.25) is 0 Å². The first-order chi connectivity index (χ1) is 12.0. The molecule has 0 saturated heterocycles. The largest absolute Gasteiger partial charge is 0.255 e. The normalized spacial score (nSPS) is 11.6. The summed E-state index contributed by atoms with van der Waals surface area (Å²) in [5, 5.41) is 2.75. The van der Waals surface area contributed by atoms with Crippen LogP contribution in [0.1, 0.15) is 10.6 Å². The van der Waals surface area contributed by atoms with Gasteiger partial charge >= 0.3 is 0 Å². The molecule has 0 fully saturated rings. The molecule has 0 spiro atoms. The first-order valence-electron chi connectivity index (χ1n) is 7.59. The second-order valence-electron chi connectivity index (χ2n) is 5.37. The Kier molecular flexibility index (Phi) is 5.52. The van der Waals surface area contributed by atoms with Gasteiger partial charge in [-0.25, -0.2) is 22.5 Å². The van der Waals surface area contributed by atoms with Crippen molar-refractivity contribution in [2.75, 3.05) is 6.54 Å². The molecule has 25 heavy (non-hydrogen) atoms. The summed E-state index contributed by atoms with van der Waals surface area (Å²) in [5.74, 6) is -0.564. The van der Waals surface area contributed by atoms with Gasteiger partial charge in [0.1, 0.15) is 5.82 Å². The molecule has 0 amide bonds. The van der Waals surface area contributed by atoms with E-state index in [1.807, 2.05) is 23.6 Å². The Morgan fingerprint density at radius 1 is 1.08 bits per heavy atom. The number of rotatable bonds is 7. The van der Waals surface area contributed by atoms with Gasteiger partial charge < -0.3 is 0 Å². The number of halogens is 1. The second-order valence-corrected chi connectivity index (χ2v) is 8.12. The van der Waals surface area contributed by atoms with E-state index in [-0.39, 0.29) is 18.1 Å². The van der Waals surface area contributed by atoms with E-state index in [1.54, 1.807) is 6.20 Å². The van der Waals surface area contributed by atoms with Gasteiger partial charge in [-0.1, -0.05) is 18.2 Å². The van der Waals surface area contributed by atoms with Crippen LogP contribution in [0.3, 0.4) is 0 Å². The average Bonchev–Trinajstić information content (AvgIpc) is 3.06.